The van der Waals surface area contributed by atoms with Crippen molar-refractivity contribution >= 4 is 27.5 Å². The molecule has 0 aliphatic heterocycles. The zero-order chi connectivity index (χ0) is 32.6. The highest BCUT2D eigenvalue weighted by atomic mass is 32.2. The van der Waals surface area contributed by atoms with E-state index in [-0.39, 0.29) is 29.0 Å². The fraction of sp³-hybridized carbons (Fsp3) is 0.278. The van der Waals surface area contributed by atoms with E-state index in [1.54, 1.807) is 43.3 Å². The smallest absolute Gasteiger partial charge is 0.264 e. The summed E-state index contributed by atoms with van der Waals surface area (Å²) >= 11 is 0. The van der Waals surface area contributed by atoms with Gasteiger partial charge in [-0.15, -0.1) is 0 Å². The van der Waals surface area contributed by atoms with Crippen molar-refractivity contribution in [3.63, 3.8) is 0 Å². The number of benzene rings is 4. The molecule has 0 saturated carbocycles. The summed E-state index contributed by atoms with van der Waals surface area (Å²) in [6.07, 6.45) is 0. The van der Waals surface area contributed by atoms with E-state index < -0.39 is 28.5 Å². The first-order valence-corrected chi connectivity index (χ1v) is 16.4. The zero-order valence-corrected chi connectivity index (χ0v) is 27.3. The third-order valence-corrected chi connectivity index (χ3v) is 9.10. The summed E-state index contributed by atoms with van der Waals surface area (Å²) < 4.78 is 35.2. The lowest BCUT2D eigenvalue weighted by molar-refractivity contribution is -0.139. The van der Waals surface area contributed by atoms with Crippen LogP contribution in [0.2, 0.25) is 0 Å². The molecule has 9 heteroatoms. The van der Waals surface area contributed by atoms with E-state index in [0.29, 0.717) is 18.0 Å². The van der Waals surface area contributed by atoms with Crippen molar-refractivity contribution in [1.82, 2.24) is 10.2 Å². The minimum Gasteiger partial charge on any atom is -0.457 e. The van der Waals surface area contributed by atoms with Crippen LogP contribution in [0, 0.1) is 19.8 Å². The number of aryl methyl sites for hydroxylation is 2. The van der Waals surface area contributed by atoms with Crippen LogP contribution < -0.4 is 14.4 Å². The summed E-state index contributed by atoms with van der Waals surface area (Å²) in [4.78, 5) is 28.8. The van der Waals surface area contributed by atoms with Crippen molar-refractivity contribution in [3.8, 4) is 11.5 Å². The molecule has 8 nitrogen and oxygen atoms in total. The molecule has 2 amide bonds. The maximum atomic E-state index is 14.1. The molecule has 0 bridgehead atoms. The normalized spacial score (nSPS) is 12.0. The van der Waals surface area contributed by atoms with E-state index in [1.807, 2.05) is 82.3 Å². The second kappa shape index (κ2) is 14.9. The Balaban J connectivity index is 1.69. The Labute approximate surface area is 266 Å². The van der Waals surface area contributed by atoms with Crippen LogP contribution >= 0.6 is 0 Å². The standard InChI is InChI=1S/C36H41N3O5S/c1-26(2)23-37-36(41)29(5)38(24-30-15-11-27(3)12-16-30)35(40)25-39(45(42,43)34-21-13-28(4)14-22-34)31-17-19-33(20-18-31)44-32-9-7-6-8-10-32/h6-22,26,29H,23-25H2,1-5H3,(H,37,41). The average molecular weight is 628 g/mol. The number of hydrogen-bond donors (Lipinski definition) is 1. The Morgan fingerprint density at radius 2 is 1.31 bits per heavy atom. The Bertz CT molecular complexity index is 1670. The molecule has 236 valence electrons. The third-order valence-electron chi connectivity index (χ3n) is 7.32. The Hall–Kier alpha value is -4.63. The first-order valence-electron chi connectivity index (χ1n) is 15.0. The predicted octanol–water partition coefficient (Wildman–Crippen LogP) is 6.48. The van der Waals surface area contributed by atoms with Crippen LogP contribution in [0.15, 0.2) is 108 Å². The van der Waals surface area contributed by atoms with E-state index in [1.165, 1.54) is 17.0 Å². The first-order chi connectivity index (χ1) is 21.4. The summed E-state index contributed by atoms with van der Waals surface area (Å²) in [6.45, 7) is 9.57. The molecule has 4 aromatic rings. The highest BCUT2D eigenvalue weighted by Gasteiger charge is 2.32. The van der Waals surface area contributed by atoms with Crippen LogP contribution in [0.4, 0.5) is 5.69 Å². The monoisotopic (exact) mass is 627 g/mol. The highest BCUT2D eigenvalue weighted by molar-refractivity contribution is 7.92. The maximum Gasteiger partial charge on any atom is 0.264 e. The minimum absolute atomic E-state index is 0.0540. The summed E-state index contributed by atoms with van der Waals surface area (Å²) in [7, 11) is -4.17. The molecule has 1 unspecified atom stereocenters. The van der Waals surface area contributed by atoms with Gasteiger partial charge in [0.2, 0.25) is 11.8 Å². The largest absolute Gasteiger partial charge is 0.457 e. The average Bonchev–Trinajstić information content (AvgIpc) is 3.03. The fourth-order valence-corrected chi connectivity index (χ4v) is 6.01. The van der Waals surface area contributed by atoms with Gasteiger partial charge < -0.3 is 15.0 Å². The van der Waals surface area contributed by atoms with Crippen molar-refractivity contribution in [1.29, 1.82) is 0 Å². The van der Waals surface area contributed by atoms with Gasteiger partial charge in [-0.3, -0.25) is 13.9 Å². The molecule has 0 heterocycles. The van der Waals surface area contributed by atoms with Crippen LogP contribution in [0.1, 0.15) is 37.5 Å². The molecule has 0 fully saturated rings. The second-order valence-corrected chi connectivity index (χ2v) is 13.4. The SMILES string of the molecule is Cc1ccc(CN(C(=O)CN(c2ccc(Oc3ccccc3)cc2)S(=O)(=O)c2ccc(C)cc2)C(C)C(=O)NCC(C)C)cc1. The Kier molecular flexibility index (Phi) is 11.0. The topological polar surface area (TPSA) is 96.0 Å². The Morgan fingerprint density at radius 1 is 0.756 bits per heavy atom. The summed E-state index contributed by atoms with van der Waals surface area (Å²) in [6, 6.07) is 29.1. The molecule has 0 radical (unpaired) electrons. The molecule has 0 spiro atoms. The van der Waals surface area contributed by atoms with E-state index in [0.717, 1.165) is 21.0 Å². The highest BCUT2D eigenvalue weighted by Crippen LogP contribution is 2.29. The van der Waals surface area contributed by atoms with Crippen molar-refractivity contribution in [3.05, 3.63) is 120 Å². The summed E-state index contributed by atoms with van der Waals surface area (Å²) in [5, 5.41) is 2.91. The van der Waals surface area contributed by atoms with Crippen molar-refractivity contribution < 1.29 is 22.7 Å². The summed E-state index contributed by atoms with van der Waals surface area (Å²) in [5.74, 6) is 0.565. The second-order valence-electron chi connectivity index (χ2n) is 11.6. The van der Waals surface area contributed by atoms with Gasteiger partial charge in [0, 0.05) is 13.1 Å². The molecular formula is C36H41N3O5S. The van der Waals surface area contributed by atoms with Gasteiger partial charge >= 0.3 is 0 Å². The molecule has 0 aliphatic rings. The number of anilines is 1. The lowest BCUT2D eigenvalue weighted by atomic mass is 10.1. The Morgan fingerprint density at radius 3 is 1.89 bits per heavy atom. The molecule has 0 aliphatic carbocycles. The van der Waals surface area contributed by atoms with Gasteiger partial charge in [0.15, 0.2) is 0 Å². The number of para-hydroxylation sites is 1. The summed E-state index contributed by atoms with van der Waals surface area (Å²) in [5.41, 5.74) is 3.09. The van der Waals surface area contributed by atoms with Crippen LogP contribution in [0.5, 0.6) is 11.5 Å². The van der Waals surface area contributed by atoms with Gasteiger partial charge in [-0.25, -0.2) is 8.42 Å². The first kappa shape index (κ1) is 33.3. The number of rotatable bonds is 13. The molecule has 1 atom stereocenters. The molecule has 45 heavy (non-hydrogen) atoms. The quantitative estimate of drug-likeness (QED) is 0.183. The molecule has 1 N–H and O–H groups in total. The lowest BCUT2D eigenvalue weighted by Crippen LogP contribution is -2.51. The fourth-order valence-electron chi connectivity index (χ4n) is 4.60. The predicted molar refractivity (Wildman–Crippen MR) is 178 cm³/mol. The van der Waals surface area contributed by atoms with E-state index in [9.17, 15) is 18.0 Å². The van der Waals surface area contributed by atoms with Crippen LogP contribution in [-0.4, -0.2) is 44.3 Å². The van der Waals surface area contributed by atoms with Crippen LogP contribution in [0.25, 0.3) is 0 Å². The van der Waals surface area contributed by atoms with E-state index >= 15 is 0 Å². The van der Waals surface area contributed by atoms with Gasteiger partial charge in [-0.05, 0) is 80.8 Å². The van der Waals surface area contributed by atoms with Gasteiger partial charge in [0.25, 0.3) is 10.0 Å². The van der Waals surface area contributed by atoms with E-state index in [2.05, 4.69) is 5.32 Å². The van der Waals surface area contributed by atoms with Gasteiger partial charge in [0.1, 0.15) is 24.1 Å². The lowest BCUT2D eigenvalue weighted by Gasteiger charge is -2.32. The molecule has 4 rings (SSSR count). The number of amides is 2. The molecule has 4 aromatic carbocycles. The van der Waals surface area contributed by atoms with Crippen LogP contribution in [0.3, 0.4) is 0 Å². The number of nitrogens with one attached hydrogen (secondary N) is 1. The van der Waals surface area contributed by atoms with E-state index in [4.69, 9.17) is 4.74 Å². The van der Waals surface area contributed by atoms with Gasteiger partial charge in [-0.2, -0.15) is 0 Å². The van der Waals surface area contributed by atoms with Crippen molar-refractivity contribution in [2.45, 2.75) is 52.1 Å². The number of carbonyl (C=O) groups excluding carboxylic acids is 2. The van der Waals surface area contributed by atoms with Crippen molar-refractivity contribution in [2.75, 3.05) is 17.4 Å². The van der Waals surface area contributed by atoms with Gasteiger partial charge in [0.05, 0.1) is 10.6 Å². The zero-order valence-electron chi connectivity index (χ0n) is 26.4. The number of carbonyl (C=O) groups is 2. The number of ether oxygens (including phenoxy) is 1. The molecule has 0 saturated heterocycles. The molecule has 0 aromatic heterocycles. The number of nitrogens with zero attached hydrogens (tertiary/aromatic N) is 2. The third kappa shape index (κ3) is 8.95. The maximum absolute atomic E-state index is 14.1. The van der Waals surface area contributed by atoms with Crippen LogP contribution in [-0.2, 0) is 26.2 Å². The number of sulfonamides is 1. The van der Waals surface area contributed by atoms with Gasteiger partial charge in [-0.1, -0.05) is 79.6 Å². The minimum atomic E-state index is -4.17. The molecular weight excluding hydrogens is 586 g/mol. The number of hydrogen-bond acceptors (Lipinski definition) is 5. The van der Waals surface area contributed by atoms with Crippen molar-refractivity contribution in [2.24, 2.45) is 5.92 Å².